The Morgan fingerprint density at radius 2 is 2.54 bits per heavy atom. The minimum absolute atomic E-state index is 0.385. The van der Waals surface area contributed by atoms with E-state index in [0.717, 1.165) is 0 Å². The van der Waals surface area contributed by atoms with E-state index in [0.29, 0.717) is 6.04 Å². The summed E-state index contributed by atoms with van der Waals surface area (Å²) < 4.78 is 1.22. The van der Waals surface area contributed by atoms with Crippen LogP contribution in [0.4, 0.5) is 0 Å². The molecule has 0 spiro atoms. The van der Waals surface area contributed by atoms with Crippen molar-refractivity contribution in [1.82, 2.24) is 5.48 Å². The van der Waals surface area contributed by atoms with Gasteiger partial charge in [0.25, 0.3) is 0 Å². The molecule has 0 amide bonds. The molecule has 0 bridgehead atoms. The Balaban J connectivity index is 2.25. The second kappa shape index (κ2) is 4.09. The molecule has 13 heavy (non-hydrogen) atoms. The van der Waals surface area contributed by atoms with E-state index in [1.165, 1.54) is 33.5 Å². The summed E-state index contributed by atoms with van der Waals surface area (Å²) in [7, 11) is 1.68. The van der Waals surface area contributed by atoms with Gasteiger partial charge in [0, 0.05) is 4.88 Å². The Kier molecular flexibility index (Phi) is 3.03. The van der Waals surface area contributed by atoms with Crippen LogP contribution in [0.2, 0.25) is 0 Å². The van der Waals surface area contributed by atoms with E-state index in [4.69, 9.17) is 4.84 Å². The van der Waals surface area contributed by atoms with Crippen molar-refractivity contribution < 1.29 is 4.84 Å². The van der Waals surface area contributed by atoms with Gasteiger partial charge in [-0.3, -0.25) is 0 Å². The first-order valence-corrected chi connectivity index (χ1v) is 5.99. The quantitative estimate of drug-likeness (QED) is 0.827. The second-order valence-corrected chi connectivity index (χ2v) is 5.71. The molecule has 1 aromatic heterocycles. The Labute approximate surface area is 90.4 Å². The van der Waals surface area contributed by atoms with E-state index in [9.17, 15) is 0 Å². The van der Waals surface area contributed by atoms with Crippen LogP contribution >= 0.6 is 27.3 Å². The van der Waals surface area contributed by atoms with Crippen molar-refractivity contribution in [2.45, 2.75) is 25.3 Å². The zero-order chi connectivity index (χ0) is 9.26. The molecule has 2 nitrogen and oxygen atoms in total. The maximum atomic E-state index is 4.99. The molecule has 1 heterocycles. The Hall–Kier alpha value is 0.100. The highest BCUT2D eigenvalue weighted by Gasteiger charge is 2.22. The number of rotatable bonds is 2. The van der Waals surface area contributed by atoms with Crippen molar-refractivity contribution in [2.75, 3.05) is 7.11 Å². The molecule has 0 saturated heterocycles. The molecule has 1 atom stereocenters. The molecule has 1 unspecified atom stereocenters. The molecule has 1 aliphatic carbocycles. The Morgan fingerprint density at radius 1 is 1.69 bits per heavy atom. The fourth-order valence-electron chi connectivity index (χ4n) is 1.79. The van der Waals surface area contributed by atoms with Crippen LogP contribution in [0.15, 0.2) is 9.85 Å². The minimum Gasteiger partial charge on any atom is -0.305 e. The van der Waals surface area contributed by atoms with Crippen LogP contribution in [0, 0.1) is 0 Å². The Morgan fingerprint density at radius 3 is 3.31 bits per heavy atom. The highest BCUT2D eigenvalue weighted by Crippen LogP contribution is 2.37. The molecular formula is C9H12BrNOS. The van der Waals surface area contributed by atoms with Crippen LogP contribution < -0.4 is 5.48 Å². The van der Waals surface area contributed by atoms with Crippen LogP contribution in [-0.2, 0) is 11.3 Å². The van der Waals surface area contributed by atoms with Crippen molar-refractivity contribution in [3.8, 4) is 0 Å². The lowest BCUT2D eigenvalue weighted by molar-refractivity contribution is 0.0554. The molecule has 1 aliphatic rings. The smallest absolute Gasteiger partial charge is 0.0704 e. The van der Waals surface area contributed by atoms with Crippen molar-refractivity contribution in [3.05, 3.63) is 20.3 Å². The monoisotopic (exact) mass is 261 g/mol. The number of nitrogens with one attached hydrogen (secondary N) is 1. The third kappa shape index (κ3) is 1.96. The number of hydrogen-bond acceptors (Lipinski definition) is 3. The predicted molar refractivity (Wildman–Crippen MR) is 57.8 cm³/mol. The van der Waals surface area contributed by atoms with Crippen LogP contribution in [0.5, 0.6) is 0 Å². The molecule has 0 radical (unpaired) electrons. The summed E-state index contributed by atoms with van der Waals surface area (Å²) in [5, 5.41) is 0. The molecule has 0 fully saturated rings. The topological polar surface area (TPSA) is 21.3 Å². The summed E-state index contributed by atoms with van der Waals surface area (Å²) in [6, 6.07) is 2.59. The van der Waals surface area contributed by atoms with E-state index in [2.05, 4.69) is 27.5 Å². The molecule has 4 heteroatoms. The molecule has 0 aliphatic heterocycles. The molecule has 72 valence electrons. The van der Waals surface area contributed by atoms with Gasteiger partial charge >= 0.3 is 0 Å². The third-order valence-electron chi connectivity index (χ3n) is 2.34. The number of aryl methyl sites for hydroxylation is 1. The number of thiophene rings is 1. The summed E-state index contributed by atoms with van der Waals surface area (Å²) in [5.74, 6) is 0. The number of fused-ring (bicyclic) bond motifs is 1. The second-order valence-electron chi connectivity index (χ2n) is 3.20. The molecule has 1 aromatic rings. The maximum Gasteiger partial charge on any atom is 0.0704 e. The van der Waals surface area contributed by atoms with Crippen molar-refractivity contribution >= 4 is 27.3 Å². The average Bonchev–Trinajstić information content (AvgIpc) is 2.47. The van der Waals surface area contributed by atoms with Crippen molar-refractivity contribution in [2.24, 2.45) is 0 Å². The van der Waals surface area contributed by atoms with Crippen LogP contribution in [0.3, 0.4) is 0 Å². The summed E-state index contributed by atoms with van der Waals surface area (Å²) in [6.45, 7) is 0. The SMILES string of the molecule is CONC1CCCc2sc(Br)cc21. The van der Waals surface area contributed by atoms with Gasteiger partial charge in [-0.15, -0.1) is 11.3 Å². The molecule has 1 N–H and O–H groups in total. The van der Waals surface area contributed by atoms with Crippen molar-refractivity contribution in [3.63, 3.8) is 0 Å². The van der Waals surface area contributed by atoms with Gasteiger partial charge in [-0.05, 0) is 46.8 Å². The Bertz CT molecular complexity index is 300. The third-order valence-corrected chi connectivity index (χ3v) is 4.06. The van der Waals surface area contributed by atoms with Gasteiger partial charge in [-0.25, -0.2) is 0 Å². The van der Waals surface area contributed by atoms with Gasteiger partial charge in [0.05, 0.1) is 16.9 Å². The molecular weight excluding hydrogens is 250 g/mol. The summed E-state index contributed by atoms with van der Waals surface area (Å²) in [4.78, 5) is 6.48. The predicted octanol–water partition coefficient (Wildman–Crippen LogP) is 3.04. The van der Waals surface area contributed by atoms with Gasteiger partial charge in [0.1, 0.15) is 0 Å². The van der Waals surface area contributed by atoms with E-state index in [-0.39, 0.29) is 0 Å². The first-order chi connectivity index (χ1) is 6.31. The molecule has 0 saturated carbocycles. The highest BCUT2D eigenvalue weighted by molar-refractivity contribution is 9.11. The lowest BCUT2D eigenvalue weighted by atomic mass is 9.95. The fourth-order valence-corrected chi connectivity index (χ4v) is 3.61. The van der Waals surface area contributed by atoms with E-state index >= 15 is 0 Å². The highest BCUT2D eigenvalue weighted by atomic mass is 79.9. The number of hydroxylamine groups is 1. The summed E-state index contributed by atoms with van der Waals surface area (Å²) in [6.07, 6.45) is 3.64. The summed E-state index contributed by atoms with van der Waals surface area (Å²) in [5.41, 5.74) is 4.45. The van der Waals surface area contributed by atoms with Gasteiger partial charge in [0.2, 0.25) is 0 Å². The van der Waals surface area contributed by atoms with E-state index in [1.54, 1.807) is 7.11 Å². The number of halogens is 1. The van der Waals surface area contributed by atoms with Gasteiger partial charge in [-0.2, -0.15) is 5.48 Å². The van der Waals surface area contributed by atoms with E-state index in [1.807, 2.05) is 11.3 Å². The largest absolute Gasteiger partial charge is 0.305 e. The average molecular weight is 262 g/mol. The van der Waals surface area contributed by atoms with Gasteiger partial charge < -0.3 is 4.84 Å². The lowest BCUT2D eigenvalue weighted by Gasteiger charge is -2.22. The standard InChI is InChI=1S/C9H12BrNOS/c1-12-11-7-3-2-4-8-6(7)5-9(10)13-8/h5,7,11H,2-4H2,1H3. The van der Waals surface area contributed by atoms with Crippen LogP contribution in [-0.4, -0.2) is 7.11 Å². The van der Waals surface area contributed by atoms with Crippen LogP contribution in [0.1, 0.15) is 29.3 Å². The minimum atomic E-state index is 0.385. The van der Waals surface area contributed by atoms with Gasteiger partial charge in [0.15, 0.2) is 0 Å². The van der Waals surface area contributed by atoms with E-state index < -0.39 is 0 Å². The fraction of sp³-hybridized carbons (Fsp3) is 0.556. The zero-order valence-electron chi connectivity index (χ0n) is 7.47. The first-order valence-electron chi connectivity index (χ1n) is 4.38. The number of hydrogen-bond donors (Lipinski definition) is 1. The lowest BCUT2D eigenvalue weighted by Crippen LogP contribution is -2.22. The van der Waals surface area contributed by atoms with Gasteiger partial charge in [-0.1, -0.05) is 0 Å². The molecule has 0 aromatic carbocycles. The zero-order valence-corrected chi connectivity index (χ0v) is 9.87. The first kappa shape index (κ1) is 9.65. The maximum absolute atomic E-state index is 4.99. The normalized spacial score (nSPS) is 21.5. The summed E-state index contributed by atoms with van der Waals surface area (Å²) >= 11 is 5.36. The molecule has 2 rings (SSSR count). The van der Waals surface area contributed by atoms with Crippen molar-refractivity contribution in [1.29, 1.82) is 0 Å². The van der Waals surface area contributed by atoms with Crippen LogP contribution in [0.25, 0.3) is 0 Å².